The number of carbonyl (C=O) groups is 1. The molecule has 94 valence electrons. The van der Waals surface area contributed by atoms with Crippen LogP contribution in [0.2, 0.25) is 0 Å². The zero-order valence-electron chi connectivity index (χ0n) is 10.1. The van der Waals surface area contributed by atoms with Crippen molar-refractivity contribution in [3.63, 3.8) is 0 Å². The summed E-state index contributed by atoms with van der Waals surface area (Å²) in [6.07, 6.45) is 0.687. The summed E-state index contributed by atoms with van der Waals surface area (Å²) in [5, 5.41) is 12.8. The maximum Gasteiger partial charge on any atom is 0.407 e. The van der Waals surface area contributed by atoms with Gasteiger partial charge in [0.1, 0.15) is 0 Å². The van der Waals surface area contributed by atoms with E-state index in [9.17, 15) is 4.79 Å². The molecule has 6 heteroatoms. The first-order chi connectivity index (χ1) is 8.08. The van der Waals surface area contributed by atoms with Gasteiger partial charge in [-0.1, -0.05) is 19.0 Å². The molecule has 1 aliphatic heterocycles. The Morgan fingerprint density at radius 2 is 2.12 bits per heavy atom. The predicted molar refractivity (Wildman–Crippen MR) is 60.0 cm³/mol. The number of likely N-dealkylation sites (tertiary alicyclic amines) is 1. The SMILES string of the molecule is CC(C)c1nc(C2CCN(C(=O)O)CC2)no1. The molecule has 1 N–H and O–H groups in total. The van der Waals surface area contributed by atoms with Crippen molar-refractivity contribution in [3.8, 4) is 0 Å². The van der Waals surface area contributed by atoms with Gasteiger partial charge in [0.2, 0.25) is 5.89 Å². The van der Waals surface area contributed by atoms with Crippen molar-refractivity contribution >= 4 is 6.09 Å². The van der Waals surface area contributed by atoms with Crippen LogP contribution in [0.3, 0.4) is 0 Å². The van der Waals surface area contributed by atoms with E-state index in [4.69, 9.17) is 9.63 Å². The molecule has 0 aromatic carbocycles. The molecule has 6 nitrogen and oxygen atoms in total. The first-order valence-corrected chi connectivity index (χ1v) is 5.89. The molecule has 0 unspecified atom stereocenters. The van der Waals surface area contributed by atoms with Crippen LogP contribution in [0.1, 0.15) is 50.2 Å². The van der Waals surface area contributed by atoms with Gasteiger partial charge in [-0.05, 0) is 12.8 Å². The fraction of sp³-hybridized carbons (Fsp3) is 0.727. The molecule has 0 aliphatic carbocycles. The minimum Gasteiger partial charge on any atom is -0.465 e. The summed E-state index contributed by atoms with van der Waals surface area (Å²) in [5.74, 6) is 1.83. The van der Waals surface area contributed by atoms with E-state index in [-0.39, 0.29) is 11.8 Å². The van der Waals surface area contributed by atoms with Crippen molar-refractivity contribution in [1.29, 1.82) is 0 Å². The second-order valence-corrected chi connectivity index (χ2v) is 4.69. The van der Waals surface area contributed by atoms with Gasteiger partial charge in [0.05, 0.1) is 0 Å². The molecule has 0 atom stereocenters. The summed E-state index contributed by atoms with van der Waals surface area (Å²) in [4.78, 5) is 16.6. The van der Waals surface area contributed by atoms with Gasteiger partial charge >= 0.3 is 6.09 Å². The number of amides is 1. The molecule has 1 aromatic heterocycles. The van der Waals surface area contributed by atoms with E-state index in [2.05, 4.69) is 10.1 Å². The maximum atomic E-state index is 10.8. The summed E-state index contributed by atoms with van der Waals surface area (Å²) in [6, 6.07) is 0. The molecule has 0 spiro atoms. The van der Waals surface area contributed by atoms with E-state index in [0.717, 1.165) is 18.7 Å². The molecule has 1 amide bonds. The molecular weight excluding hydrogens is 222 g/mol. The van der Waals surface area contributed by atoms with Gasteiger partial charge < -0.3 is 14.5 Å². The van der Waals surface area contributed by atoms with Crippen LogP contribution >= 0.6 is 0 Å². The molecule has 0 radical (unpaired) electrons. The van der Waals surface area contributed by atoms with Crippen LogP contribution in [0.4, 0.5) is 4.79 Å². The lowest BCUT2D eigenvalue weighted by molar-refractivity contribution is 0.131. The van der Waals surface area contributed by atoms with Crippen molar-refractivity contribution in [2.45, 2.75) is 38.5 Å². The number of nitrogens with zero attached hydrogens (tertiary/aromatic N) is 3. The van der Waals surface area contributed by atoms with E-state index >= 15 is 0 Å². The average molecular weight is 239 g/mol. The fourth-order valence-electron chi connectivity index (χ4n) is 1.98. The van der Waals surface area contributed by atoms with Gasteiger partial charge in [-0.3, -0.25) is 0 Å². The number of rotatable bonds is 2. The highest BCUT2D eigenvalue weighted by atomic mass is 16.5. The summed E-state index contributed by atoms with van der Waals surface area (Å²) in [6.45, 7) is 5.10. The number of hydrogen-bond acceptors (Lipinski definition) is 4. The first kappa shape index (κ1) is 11.9. The van der Waals surface area contributed by atoms with Crippen LogP contribution in [-0.4, -0.2) is 39.3 Å². The Morgan fingerprint density at radius 3 is 2.59 bits per heavy atom. The number of aromatic nitrogens is 2. The number of hydrogen-bond donors (Lipinski definition) is 1. The molecule has 1 aromatic rings. The van der Waals surface area contributed by atoms with Crippen molar-refractivity contribution in [2.75, 3.05) is 13.1 Å². The Labute approximate surface area is 99.6 Å². The highest BCUT2D eigenvalue weighted by Crippen LogP contribution is 2.26. The van der Waals surface area contributed by atoms with Crippen LogP contribution in [0.15, 0.2) is 4.52 Å². The Balaban J connectivity index is 1.98. The van der Waals surface area contributed by atoms with Crippen LogP contribution in [0.25, 0.3) is 0 Å². The predicted octanol–water partition coefficient (Wildman–Crippen LogP) is 2.05. The third-order valence-electron chi connectivity index (χ3n) is 3.08. The van der Waals surface area contributed by atoms with Gasteiger partial charge in [-0.15, -0.1) is 0 Å². The number of carboxylic acid groups (broad SMARTS) is 1. The van der Waals surface area contributed by atoms with E-state index < -0.39 is 6.09 Å². The van der Waals surface area contributed by atoms with E-state index in [1.54, 1.807) is 0 Å². The highest BCUT2D eigenvalue weighted by Gasteiger charge is 2.26. The highest BCUT2D eigenvalue weighted by molar-refractivity contribution is 5.65. The third-order valence-corrected chi connectivity index (χ3v) is 3.08. The summed E-state index contributed by atoms with van der Waals surface area (Å²) in [7, 11) is 0. The minimum atomic E-state index is -0.848. The first-order valence-electron chi connectivity index (χ1n) is 5.89. The second kappa shape index (κ2) is 4.73. The van der Waals surface area contributed by atoms with E-state index in [0.29, 0.717) is 19.0 Å². The topological polar surface area (TPSA) is 79.5 Å². The molecule has 2 rings (SSSR count). The number of piperidine rings is 1. The van der Waals surface area contributed by atoms with Crippen LogP contribution in [0, 0.1) is 0 Å². The quantitative estimate of drug-likeness (QED) is 0.854. The van der Waals surface area contributed by atoms with E-state index in [1.807, 2.05) is 13.8 Å². The molecule has 2 heterocycles. The second-order valence-electron chi connectivity index (χ2n) is 4.69. The van der Waals surface area contributed by atoms with Gasteiger partial charge in [0.15, 0.2) is 5.82 Å². The Kier molecular flexibility index (Phi) is 3.31. The Hall–Kier alpha value is -1.59. The monoisotopic (exact) mass is 239 g/mol. The van der Waals surface area contributed by atoms with E-state index in [1.165, 1.54) is 4.90 Å². The fourth-order valence-corrected chi connectivity index (χ4v) is 1.98. The zero-order chi connectivity index (χ0) is 12.4. The van der Waals surface area contributed by atoms with Gasteiger partial charge in [-0.25, -0.2) is 4.79 Å². The zero-order valence-corrected chi connectivity index (χ0v) is 10.1. The Bertz CT molecular complexity index is 394. The minimum absolute atomic E-state index is 0.224. The van der Waals surface area contributed by atoms with Crippen molar-refractivity contribution in [2.24, 2.45) is 0 Å². The van der Waals surface area contributed by atoms with Gasteiger partial charge in [0, 0.05) is 24.9 Å². The molecule has 1 saturated heterocycles. The van der Waals surface area contributed by atoms with Crippen molar-refractivity contribution in [1.82, 2.24) is 15.0 Å². The molecule has 1 aliphatic rings. The largest absolute Gasteiger partial charge is 0.465 e. The summed E-state index contributed by atoms with van der Waals surface area (Å²) in [5.41, 5.74) is 0. The lowest BCUT2D eigenvalue weighted by atomic mass is 9.96. The smallest absolute Gasteiger partial charge is 0.407 e. The molecule has 0 bridgehead atoms. The van der Waals surface area contributed by atoms with Crippen molar-refractivity contribution in [3.05, 3.63) is 11.7 Å². The lowest BCUT2D eigenvalue weighted by Crippen LogP contribution is -2.37. The average Bonchev–Trinajstić information content (AvgIpc) is 2.78. The van der Waals surface area contributed by atoms with Gasteiger partial charge in [-0.2, -0.15) is 4.98 Å². The summed E-state index contributed by atoms with van der Waals surface area (Å²) < 4.78 is 5.16. The molecule has 1 fully saturated rings. The van der Waals surface area contributed by atoms with Crippen LogP contribution in [0.5, 0.6) is 0 Å². The third kappa shape index (κ3) is 2.57. The van der Waals surface area contributed by atoms with Gasteiger partial charge in [0.25, 0.3) is 0 Å². The molecule has 0 saturated carbocycles. The van der Waals surface area contributed by atoms with Crippen molar-refractivity contribution < 1.29 is 14.4 Å². The maximum absolute atomic E-state index is 10.8. The Morgan fingerprint density at radius 1 is 1.47 bits per heavy atom. The van der Waals surface area contributed by atoms with Crippen LogP contribution in [-0.2, 0) is 0 Å². The standard InChI is InChI=1S/C11H17N3O3/c1-7(2)10-12-9(13-17-10)8-3-5-14(6-4-8)11(15)16/h7-8H,3-6H2,1-2H3,(H,15,16). The molecule has 17 heavy (non-hydrogen) atoms. The molecular formula is C11H17N3O3. The summed E-state index contributed by atoms with van der Waals surface area (Å²) >= 11 is 0. The normalized spacial score (nSPS) is 17.7. The lowest BCUT2D eigenvalue weighted by Gasteiger charge is -2.28. The van der Waals surface area contributed by atoms with Crippen LogP contribution < -0.4 is 0 Å².